The number of nitrogens with one attached hydrogen (secondary N) is 1. The number of hydrogen-bond donors (Lipinski definition) is 1. The molecule has 0 aliphatic rings. The van der Waals surface area contributed by atoms with Crippen molar-refractivity contribution in [1.29, 1.82) is 0 Å². The van der Waals surface area contributed by atoms with Crippen LogP contribution in [0.5, 0.6) is 0 Å². The molecule has 0 amide bonds. The summed E-state index contributed by atoms with van der Waals surface area (Å²) in [6, 6.07) is 10.2. The number of esters is 1. The Bertz CT molecular complexity index is 330. The van der Waals surface area contributed by atoms with Crippen LogP contribution < -0.4 is 5.32 Å². The van der Waals surface area contributed by atoms with Crippen LogP contribution in [0.25, 0.3) is 0 Å². The number of hydrogen-bond acceptors (Lipinski definition) is 4. The number of carbonyl (C=O) groups is 1. The third kappa shape index (κ3) is 7.35. The van der Waals surface area contributed by atoms with Gasteiger partial charge in [0.1, 0.15) is 0 Å². The van der Waals surface area contributed by atoms with E-state index in [1.807, 2.05) is 18.2 Å². The zero-order valence-electron chi connectivity index (χ0n) is 10.9. The molecule has 1 aromatic carbocycles. The first-order valence-electron chi connectivity index (χ1n) is 6.37. The van der Waals surface area contributed by atoms with Crippen LogP contribution in [0.1, 0.15) is 19.8 Å². The monoisotopic (exact) mass is 267 g/mol. The van der Waals surface area contributed by atoms with Crippen molar-refractivity contribution in [3.05, 3.63) is 30.3 Å². The quantitative estimate of drug-likeness (QED) is 0.424. The molecule has 18 heavy (non-hydrogen) atoms. The normalized spacial score (nSPS) is 10.3. The van der Waals surface area contributed by atoms with Gasteiger partial charge >= 0.3 is 5.97 Å². The van der Waals surface area contributed by atoms with Crippen LogP contribution in [0, 0.1) is 0 Å². The van der Waals surface area contributed by atoms with Crippen molar-refractivity contribution in [2.24, 2.45) is 0 Å². The molecule has 1 rings (SSSR count). The first kappa shape index (κ1) is 15.1. The predicted molar refractivity (Wildman–Crippen MR) is 75.9 cm³/mol. The molecule has 1 aromatic rings. The van der Waals surface area contributed by atoms with Gasteiger partial charge in [0.2, 0.25) is 0 Å². The van der Waals surface area contributed by atoms with Gasteiger partial charge in [-0.2, -0.15) is 0 Å². The van der Waals surface area contributed by atoms with E-state index in [1.165, 1.54) is 4.90 Å². The molecule has 0 aliphatic carbocycles. The fourth-order valence-corrected chi connectivity index (χ4v) is 2.16. The summed E-state index contributed by atoms with van der Waals surface area (Å²) in [4.78, 5) is 12.5. The number of carbonyl (C=O) groups excluding carboxylic acids is 1. The first-order valence-corrected chi connectivity index (χ1v) is 7.35. The summed E-state index contributed by atoms with van der Waals surface area (Å²) in [6.45, 7) is 3.73. The maximum Gasteiger partial charge on any atom is 0.319 e. The second kappa shape index (κ2) is 9.97. The highest BCUT2D eigenvalue weighted by Gasteiger charge is 2.01. The smallest absolute Gasteiger partial charge is 0.319 e. The lowest BCUT2D eigenvalue weighted by Gasteiger charge is -2.05. The Kier molecular flexibility index (Phi) is 8.34. The zero-order valence-corrected chi connectivity index (χ0v) is 11.7. The van der Waals surface area contributed by atoms with Crippen LogP contribution in [-0.2, 0) is 9.53 Å². The van der Waals surface area contributed by atoms with E-state index >= 15 is 0 Å². The molecule has 0 bridgehead atoms. The van der Waals surface area contributed by atoms with Gasteiger partial charge in [0, 0.05) is 17.2 Å². The highest BCUT2D eigenvalue weighted by Crippen LogP contribution is 2.15. The van der Waals surface area contributed by atoms with Crippen molar-refractivity contribution in [3.8, 4) is 0 Å². The minimum atomic E-state index is -0.159. The lowest BCUT2D eigenvalue weighted by molar-refractivity contribution is -0.142. The number of unbranched alkanes of at least 4 members (excludes halogenated alkanes) is 1. The van der Waals surface area contributed by atoms with Crippen LogP contribution in [0.15, 0.2) is 35.2 Å². The van der Waals surface area contributed by atoms with E-state index in [4.69, 9.17) is 4.74 Å². The summed E-state index contributed by atoms with van der Waals surface area (Å²) < 4.78 is 5.04. The van der Waals surface area contributed by atoms with Crippen LogP contribution in [0.2, 0.25) is 0 Å². The molecule has 0 unspecified atom stereocenters. The van der Waals surface area contributed by atoms with Crippen molar-refractivity contribution in [2.45, 2.75) is 24.7 Å². The van der Waals surface area contributed by atoms with E-state index in [-0.39, 0.29) is 5.97 Å². The van der Waals surface area contributed by atoms with Gasteiger partial charge < -0.3 is 10.1 Å². The van der Waals surface area contributed by atoms with Gasteiger partial charge in [-0.15, -0.1) is 11.8 Å². The summed E-state index contributed by atoms with van der Waals surface area (Å²) in [6.07, 6.45) is 1.99. The van der Waals surface area contributed by atoms with Gasteiger partial charge in [0.05, 0.1) is 13.2 Å². The van der Waals surface area contributed by atoms with E-state index in [0.29, 0.717) is 13.2 Å². The van der Waals surface area contributed by atoms with Crippen LogP contribution >= 0.6 is 11.8 Å². The minimum absolute atomic E-state index is 0.159. The summed E-state index contributed by atoms with van der Waals surface area (Å²) >= 11 is 1.78. The Morgan fingerprint density at radius 3 is 2.83 bits per heavy atom. The van der Waals surface area contributed by atoms with Gasteiger partial charge in [-0.3, -0.25) is 4.79 Å². The lowest BCUT2D eigenvalue weighted by Crippen LogP contribution is -2.26. The fraction of sp³-hybridized carbons (Fsp3) is 0.500. The molecule has 0 saturated heterocycles. The second-order valence-corrected chi connectivity index (χ2v) is 5.08. The Morgan fingerprint density at radius 2 is 2.11 bits per heavy atom. The van der Waals surface area contributed by atoms with Crippen molar-refractivity contribution in [3.63, 3.8) is 0 Å². The van der Waals surface area contributed by atoms with Gasteiger partial charge in [-0.1, -0.05) is 31.5 Å². The minimum Gasteiger partial charge on any atom is -0.465 e. The van der Waals surface area contributed by atoms with Gasteiger partial charge in [-0.25, -0.2) is 0 Å². The van der Waals surface area contributed by atoms with E-state index in [9.17, 15) is 4.79 Å². The van der Waals surface area contributed by atoms with Crippen molar-refractivity contribution >= 4 is 17.7 Å². The first-order chi connectivity index (χ1) is 8.83. The Morgan fingerprint density at radius 1 is 1.33 bits per heavy atom. The van der Waals surface area contributed by atoms with Crippen molar-refractivity contribution in [1.82, 2.24) is 5.32 Å². The van der Waals surface area contributed by atoms with Crippen molar-refractivity contribution in [2.75, 3.05) is 25.4 Å². The van der Waals surface area contributed by atoms with E-state index in [2.05, 4.69) is 24.4 Å². The zero-order chi connectivity index (χ0) is 13.1. The Balaban J connectivity index is 1.97. The summed E-state index contributed by atoms with van der Waals surface area (Å²) in [5, 5.41) is 3.09. The molecule has 3 nitrogen and oxygen atoms in total. The largest absolute Gasteiger partial charge is 0.465 e. The topological polar surface area (TPSA) is 38.3 Å². The average Bonchev–Trinajstić information content (AvgIpc) is 2.40. The number of rotatable bonds is 9. The summed E-state index contributed by atoms with van der Waals surface area (Å²) in [5.41, 5.74) is 0. The van der Waals surface area contributed by atoms with Crippen LogP contribution in [-0.4, -0.2) is 31.4 Å². The average molecular weight is 267 g/mol. The fourth-order valence-electron chi connectivity index (χ4n) is 1.33. The van der Waals surface area contributed by atoms with Gasteiger partial charge in [0.25, 0.3) is 0 Å². The predicted octanol–water partition coefficient (Wildman–Crippen LogP) is 2.71. The van der Waals surface area contributed by atoms with Gasteiger partial charge in [-0.05, 0) is 18.6 Å². The summed E-state index contributed by atoms with van der Waals surface area (Å²) in [7, 11) is 0. The Hall–Kier alpha value is -1.00. The molecule has 100 valence electrons. The maximum absolute atomic E-state index is 11.3. The maximum atomic E-state index is 11.3. The molecule has 0 heterocycles. The van der Waals surface area contributed by atoms with Crippen LogP contribution in [0.3, 0.4) is 0 Å². The molecule has 0 spiro atoms. The standard InChI is InChI=1S/C14H21NO2S/c1-2-3-10-17-14(16)12-15-9-11-18-13-7-5-4-6-8-13/h4-8,15H,2-3,9-12H2,1H3. The molecule has 0 radical (unpaired) electrons. The second-order valence-electron chi connectivity index (χ2n) is 3.91. The molecule has 0 fully saturated rings. The van der Waals surface area contributed by atoms with E-state index < -0.39 is 0 Å². The molecule has 0 saturated carbocycles. The molecular weight excluding hydrogens is 246 g/mol. The molecule has 0 aromatic heterocycles. The molecular formula is C14H21NO2S. The number of benzene rings is 1. The third-order valence-corrected chi connectivity index (χ3v) is 3.33. The van der Waals surface area contributed by atoms with Gasteiger partial charge in [0.15, 0.2) is 0 Å². The Labute approximate surface area is 113 Å². The number of ether oxygens (including phenoxy) is 1. The number of thioether (sulfide) groups is 1. The highest BCUT2D eigenvalue weighted by atomic mass is 32.2. The lowest BCUT2D eigenvalue weighted by atomic mass is 10.4. The molecule has 0 atom stereocenters. The molecule has 4 heteroatoms. The third-order valence-electron chi connectivity index (χ3n) is 2.32. The van der Waals surface area contributed by atoms with Crippen LogP contribution in [0.4, 0.5) is 0 Å². The van der Waals surface area contributed by atoms with Crippen molar-refractivity contribution < 1.29 is 9.53 Å². The van der Waals surface area contributed by atoms with E-state index in [0.717, 1.165) is 25.1 Å². The molecule has 0 aliphatic heterocycles. The SMILES string of the molecule is CCCCOC(=O)CNCCSc1ccccc1. The highest BCUT2D eigenvalue weighted by molar-refractivity contribution is 7.99. The van der Waals surface area contributed by atoms with E-state index in [1.54, 1.807) is 11.8 Å². The summed E-state index contributed by atoms with van der Waals surface area (Å²) in [5.74, 6) is 0.792. The molecule has 1 N–H and O–H groups in total.